The molecular weight excluding hydrogens is 228 g/mol. The Labute approximate surface area is 95.1 Å². The molecule has 1 aliphatic heterocycles. The third-order valence-corrected chi connectivity index (χ3v) is 5.16. The number of hydrogen-bond acceptors (Lipinski definition) is 5. The molecule has 1 N–H and O–H groups in total. The van der Waals surface area contributed by atoms with Crippen molar-refractivity contribution in [2.75, 3.05) is 13.1 Å². The Morgan fingerprint density at radius 3 is 2.75 bits per heavy atom. The molecule has 2 heterocycles. The first-order valence-electron chi connectivity index (χ1n) is 5.35. The number of nitrogens with one attached hydrogen (secondary N) is 1. The van der Waals surface area contributed by atoms with Crippen molar-refractivity contribution >= 4 is 9.84 Å². The first kappa shape index (κ1) is 11.6. The van der Waals surface area contributed by atoms with E-state index in [4.69, 9.17) is 4.52 Å². The number of aryl methyl sites for hydroxylation is 2. The molecule has 0 saturated carbocycles. The van der Waals surface area contributed by atoms with Crippen LogP contribution in [0.2, 0.25) is 0 Å². The highest BCUT2D eigenvalue weighted by atomic mass is 32.2. The minimum atomic E-state index is -3.09. The second-order valence-electron chi connectivity index (χ2n) is 4.22. The van der Waals surface area contributed by atoms with Crippen molar-refractivity contribution < 1.29 is 12.9 Å². The smallest absolute Gasteiger partial charge is 0.158 e. The average molecular weight is 244 g/mol. The van der Waals surface area contributed by atoms with Crippen molar-refractivity contribution in [2.24, 2.45) is 0 Å². The van der Waals surface area contributed by atoms with Gasteiger partial charge in [0.15, 0.2) is 9.84 Å². The van der Waals surface area contributed by atoms with Gasteiger partial charge < -0.3 is 9.84 Å². The van der Waals surface area contributed by atoms with Crippen LogP contribution in [0.4, 0.5) is 0 Å². The molecule has 90 valence electrons. The van der Waals surface area contributed by atoms with Crippen LogP contribution in [0.5, 0.6) is 0 Å². The van der Waals surface area contributed by atoms with Gasteiger partial charge in [-0.15, -0.1) is 0 Å². The SMILES string of the molecule is Cc1noc(C)c1CS(=O)(=O)[C@H]1CCNC1. The van der Waals surface area contributed by atoms with Crippen molar-refractivity contribution in [2.45, 2.75) is 31.3 Å². The Bertz CT molecular complexity index is 453. The highest BCUT2D eigenvalue weighted by Crippen LogP contribution is 2.20. The average Bonchev–Trinajstić information content (AvgIpc) is 2.83. The number of sulfone groups is 1. The fraction of sp³-hybridized carbons (Fsp3) is 0.700. The highest BCUT2D eigenvalue weighted by Gasteiger charge is 2.30. The molecule has 0 aliphatic carbocycles. The van der Waals surface area contributed by atoms with E-state index < -0.39 is 9.84 Å². The third kappa shape index (κ3) is 2.12. The fourth-order valence-corrected chi connectivity index (χ4v) is 3.86. The third-order valence-electron chi connectivity index (χ3n) is 3.05. The molecule has 5 nitrogen and oxygen atoms in total. The van der Waals surface area contributed by atoms with E-state index in [2.05, 4.69) is 10.5 Å². The molecule has 1 aromatic heterocycles. The van der Waals surface area contributed by atoms with Gasteiger partial charge in [0.2, 0.25) is 0 Å². The Kier molecular flexibility index (Phi) is 3.03. The molecule has 0 radical (unpaired) electrons. The predicted octanol–water partition coefficient (Wildman–Crippen LogP) is 0.568. The van der Waals surface area contributed by atoms with E-state index in [0.717, 1.165) is 6.54 Å². The molecule has 16 heavy (non-hydrogen) atoms. The van der Waals surface area contributed by atoms with Crippen LogP contribution >= 0.6 is 0 Å². The molecule has 0 spiro atoms. The van der Waals surface area contributed by atoms with Gasteiger partial charge in [0.25, 0.3) is 0 Å². The van der Waals surface area contributed by atoms with Crippen LogP contribution in [-0.2, 0) is 15.6 Å². The lowest BCUT2D eigenvalue weighted by molar-refractivity contribution is 0.392. The van der Waals surface area contributed by atoms with Gasteiger partial charge in [-0.1, -0.05) is 5.16 Å². The second kappa shape index (κ2) is 4.18. The van der Waals surface area contributed by atoms with Crippen molar-refractivity contribution in [3.05, 3.63) is 17.0 Å². The van der Waals surface area contributed by atoms with Gasteiger partial charge in [-0.05, 0) is 26.8 Å². The molecule has 0 amide bonds. The summed E-state index contributed by atoms with van der Waals surface area (Å²) >= 11 is 0. The van der Waals surface area contributed by atoms with E-state index in [-0.39, 0.29) is 11.0 Å². The first-order valence-corrected chi connectivity index (χ1v) is 7.06. The van der Waals surface area contributed by atoms with Crippen LogP contribution in [0.3, 0.4) is 0 Å². The van der Waals surface area contributed by atoms with E-state index in [1.165, 1.54) is 0 Å². The van der Waals surface area contributed by atoms with Crippen molar-refractivity contribution in [1.29, 1.82) is 0 Å². The number of nitrogens with zero attached hydrogens (tertiary/aromatic N) is 1. The van der Waals surface area contributed by atoms with E-state index in [1.54, 1.807) is 13.8 Å². The van der Waals surface area contributed by atoms with Crippen LogP contribution in [0.25, 0.3) is 0 Å². The maximum atomic E-state index is 12.1. The monoisotopic (exact) mass is 244 g/mol. The molecule has 0 bridgehead atoms. The van der Waals surface area contributed by atoms with Crippen LogP contribution in [0, 0.1) is 13.8 Å². The molecule has 6 heteroatoms. The van der Waals surface area contributed by atoms with E-state index >= 15 is 0 Å². The molecule has 2 rings (SSSR count). The van der Waals surface area contributed by atoms with Gasteiger partial charge in [-0.25, -0.2) is 8.42 Å². The summed E-state index contributed by atoms with van der Waals surface area (Å²) in [5.74, 6) is 0.646. The highest BCUT2D eigenvalue weighted by molar-refractivity contribution is 7.91. The zero-order valence-corrected chi connectivity index (χ0v) is 10.3. The summed E-state index contributed by atoms with van der Waals surface area (Å²) in [6.45, 7) is 4.86. The standard InChI is InChI=1S/C10H16N2O3S/c1-7-10(8(2)15-12-7)6-16(13,14)9-3-4-11-5-9/h9,11H,3-6H2,1-2H3/t9-/m0/s1. The van der Waals surface area contributed by atoms with Crippen LogP contribution in [0.15, 0.2) is 4.52 Å². The summed E-state index contributed by atoms with van der Waals surface area (Å²) in [6, 6.07) is 0. The van der Waals surface area contributed by atoms with Gasteiger partial charge >= 0.3 is 0 Å². The quantitative estimate of drug-likeness (QED) is 0.841. The largest absolute Gasteiger partial charge is 0.361 e. The lowest BCUT2D eigenvalue weighted by Crippen LogP contribution is -2.25. The Morgan fingerprint density at radius 1 is 1.50 bits per heavy atom. The molecule has 1 atom stereocenters. The summed E-state index contributed by atoms with van der Waals surface area (Å²) in [7, 11) is -3.09. The zero-order chi connectivity index (χ0) is 11.8. The lowest BCUT2D eigenvalue weighted by Gasteiger charge is -2.09. The minimum Gasteiger partial charge on any atom is -0.361 e. The minimum absolute atomic E-state index is 0.0422. The Hall–Kier alpha value is -0.880. The topological polar surface area (TPSA) is 72.2 Å². The number of hydrogen-bond donors (Lipinski definition) is 1. The number of rotatable bonds is 3. The molecule has 1 aromatic rings. The van der Waals surface area contributed by atoms with Crippen molar-refractivity contribution in [3.63, 3.8) is 0 Å². The molecule has 0 aromatic carbocycles. The van der Waals surface area contributed by atoms with E-state index in [0.29, 0.717) is 30.0 Å². The fourth-order valence-electron chi connectivity index (χ4n) is 1.96. The molecule has 1 fully saturated rings. The van der Waals surface area contributed by atoms with Crippen LogP contribution in [-0.4, -0.2) is 31.9 Å². The van der Waals surface area contributed by atoms with Crippen LogP contribution in [0.1, 0.15) is 23.4 Å². The first-order chi connectivity index (χ1) is 7.50. The summed E-state index contributed by atoms with van der Waals surface area (Å²) in [5, 5.41) is 6.58. The van der Waals surface area contributed by atoms with Gasteiger partial charge in [-0.3, -0.25) is 0 Å². The molecule has 1 saturated heterocycles. The van der Waals surface area contributed by atoms with Gasteiger partial charge in [0.05, 0.1) is 16.7 Å². The lowest BCUT2D eigenvalue weighted by atomic mass is 10.2. The summed E-state index contributed by atoms with van der Waals surface area (Å²) in [5.41, 5.74) is 1.39. The Balaban J connectivity index is 2.20. The molecule has 1 aliphatic rings. The summed E-state index contributed by atoms with van der Waals surface area (Å²) in [6.07, 6.45) is 0.700. The van der Waals surface area contributed by atoms with Crippen LogP contribution < -0.4 is 5.32 Å². The molecular formula is C10H16N2O3S. The summed E-state index contributed by atoms with van der Waals surface area (Å²) < 4.78 is 29.2. The summed E-state index contributed by atoms with van der Waals surface area (Å²) in [4.78, 5) is 0. The van der Waals surface area contributed by atoms with Crippen molar-refractivity contribution in [3.8, 4) is 0 Å². The van der Waals surface area contributed by atoms with E-state index in [9.17, 15) is 8.42 Å². The normalized spacial score (nSPS) is 21.5. The van der Waals surface area contributed by atoms with Gasteiger partial charge in [0.1, 0.15) is 5.76 Å². The number of aromatic nitrogens is 1. The maximum absolute atomic E-state index is 12.1. The predicted molar refractivity (Wildman–Crippen MR) is 59.9 cm³/mol. The maximum Gasteiger partial charge on any atom is 0.158 e. The molecule has 0 unspecified atom stereocenters. The Morgan fingerprint density at radius 2 is 2.25 bits per heavy atom. The zero-order valence-electron chi connectivity index (χ0n) is 9.49. The van der Waals surface area contributed by atoms with Gasteiger partial charge in [0, 0.05) is 12.1 Å². The van der Waals surface area contributed by atoms with Gasteiger partial charge in [-0.2, -0.15) is 0 Å². The van der Waals surface area contributed by atoms with E-state index in [1.807, 2.05) is 0 Å². The van der Waals surface area contributed by atoms with Crippen molar-refractivity contribution in [1.82, 2.24) is 10.5 Å². The second-order valence-corrected chi connectivity index (χ2v) is 6.51.